The number of likely N-dealkylation sites (tertiary alicyclic amines) is 1. The number of ether oxygens (including phenoxy) is 2. The van der Waals surface area contributed by atoms with Crippen LogP contribution in [0, 0.1) is 0 Å². The van der Waals surface area contributed by atoms with E-state index < -0.39 is 17.7 Å². The first-order valence-electron chi connectivity index (χ1n) is 10.8. The van der Waals surface area contributed by atoms with Gasteiger partial charge in [-0.3, -0.25) is 9.59 Å². The molecular weight excluding hydrogens is 444 g/mol. The highest BCUT2D eigenvalue weighted by atomic mass is 35.5. The molecule has 2 aromatic rings. The summed E-state index contributed by atoms with van der Waals surface area (Å²) in [7, 11) is 5.41. The lowest BCUT2D eigenvalue weighted by Crippen LogP contribution is -2.32. The Balaban J connectivity index is 2.18. The molecule has 1 fully saturated rings. The van der Waals surface area contributed by atoms with Gasteiger partial charge >= 0.3 is 0 Å². The van der Waals surface area contributed by atoms with Crippen LogP contribution in [0.15, 0.2) is 48.0 Å². The molecule has 0 radical (unpaired) electrons. The Bertz CT molecular complexity index is 1070. The monoisotopic (exact) mass is 472 g/mol. The topological polar surface area (TPSA) is 79.3 Å². The van der Waals surface area contributed by atoms with Crippen LogP contribution in [0.4, 0.5) is 0 Å². The first-order valence-corrected chi connectivity index (χ1v) is 11.2. The quantitative estimate of drug-likeness (QED) is 0.336. The molecule has 0 aliphatic carbocycles. The maximum absolute atomic E-state index is 13.2. The van der Waals surface area contributed by atoms with E-state index in [1.165, 1.54) is 12.0 Å². The second-order valence-electron chi connectivity index (χ2n) is 7.97. The zero-order valence-corrected chi connectivity index (χ0v) is 20.1. The van der Waals surface area contributed by atoms with Gasteiger partial charge in [-0.2, -0.15) is 0 Å². The van der Waals surface area contributed by atoms with Gasteiger partial charge in [0.15, 0.2) is 0 Å². The lowest BCUT2D eigenvalue weighted by atomic mass is 9.94. The van der Waals surface area contributed by atoms with Gasteiger partial charge in [-0.05, 0) is 58.3 Å². The molecule has 1 atom stereocenters. The van der Waals surface area contributed by atoms with Gasteiger partial charge in [-0.15, -0.1) is 0 Å². The normalized spacial score (nSPS) is 17.6. The van der Waals surface area contributed by atoms with Gasteiger partial charge in [0.25, 0.3) is 11.7 Å². The van der Waals surface area contributed by atoms with Crippen molar-refractivity contribution in [3.63, 3.8) is 0 Å². The Kier molecular flexibility index (Phi) is 8.00. The highest BCUT2D eigenvalue weighted by molar-refractivity contribution is 6.47. The number of Topliss-reactive ketones (excluding diaryl/α,β-unsaturated/α-hetero) is 1. The van der Waals surface area contributed by atoms with Crippen molar-refractivity contribution in [2.75, 3.05) is 40.9 Å². The van der Waals surface area contributed by atoms with Crippen molar-refractivity contribution in [1.29, 1.82) is 0 Å². The summed E-state index contributed by atoms with van der Waals surface area (Å²) in [6.07, 6.45) is 0.659. The van der Waals surface area contributed by atoms with Crippen LogP contribution in [0.1, 0.15) is 30.5 Å². The number of para-hydroxylation sites is 1. The van der Waals surface area contributed by atoms with Crippen molar-refractivity contribution in [2.45, 2.75) is 19.4 Å². The molecule has 1 aliphatic rings. The van der Waals surface area contributed by atoms with E-state index in [-0.39, 0.29) is 21.9 Å². The summed E-state index contributed by atoms with van der Waals surface area (Å²) in [5.74, 6) is -0.750. The minimum absolute atomic E-state index is 0.0232. The number of rotatable bonds is 9. The molecule has 1 heterocycles. The van der Waals surface area contributed by atoms with E-state index in [2.05, 4.69) is 0 Å². The standard InChI is InChI=1S/C25H29ClN2O5/c1-5-33-16-11-12-19(26)18(15-16)23(29)21-22(17-9-6-7-10-20(17)32-4)28(25(31)24(21)30)14-8-13-27(2)3/h6-7,9-12,15,22,29H,5,8,13-14H2,1-4H3/b23-21+. The molecular formula is C25H29ClN2O5. The summed E-state index contributed by atoms with van der Waals surface area (Å²) in [5, 5.41) is 11.5. The number of halogens is 1. The van der Waals surface area contributed by atoms with Crippen molar-refractivity contribution < 1.29 is 24.2 Å². The fraction of sp³-hybridized carbons (Fsp3) is 0.360. The second kappa shape index (κ2) is 10.7. The van der Waals surface area contributed by atoms with Gasteiger partial charge in [0, 0.05) is 17.7 Å². The summed E-state index contributed by atoms with van der Waals surface area (Å²) in [6.45, 7) is 3.35. The van der Waals surface area contributed by atoms with E-state index in [1.54, 1.807) is 36.4 Å². The fourth-order valence-corrected chi connectivity index (χ4v) is 4.18. The molecule has 0 saturated carbocycles. The number of aliphatic hydroxyl groups is 1. The first-order chi connectivity index (χ1) is 15.8. The van der Waals surface area contributed by atoms with Gasteiger partial charge in [-0.25, -0.2) is 0 Å². The largest absolute Gasteiger partial charge is 0.507 e. The van der Waals surface area contributed by atoms with Crippen LogP contribution in [-0.4, -0.2) is 67.5 Å². The second-order valence-corrected chi connectivity index (χ2v) is 8.37. The predicted molar refractivity (Wildman–Crippen MR) is 128 cm³/mol. The minimum atomic E-state index is -0.810. The molecule has 1 saturated heterocycles. The number of benzene rings is 2. The van der Waals surface area contributed by atoms with Crippen LogP contribution in [0.3, 0.4) is 0 Å². The Morgan fingerprint density at radius 2 is 1.91 bits per heavy atom. The zero-order chi connectivity index (χ0) is 24.1. The number of carbonyl (C=O) groups is 2. The average Bonchev–Trinajstić information content (AvgIpc) is 3.04. The summed E-state index contributed by atoms with van der Waals surface area (Å²) < 4.78 is 11.0. The Morgan fingerprint density at radius 3 is 2.58 bits per heavy atom. The maximum atomic E-state index is 13.2. The fourth-order valence-electron chi connectivity index (χ4n) is 3.97. The maximum Gasteiger partial charge on any atom is 0.295 e. The number of carbonyl (C=O) groups excluding carboxylic acids is 2. The minimum Gasteiger partial charge on any atom is -0.507 e. The van der Waals surface area contributed by atoms with Crippen molar-refractivity contribution in [2.24, 2.45) is 0 Å². The Labute approximate surface area is 199 Å². The highest BCUT2D eigenvalue weighted by Crippen LogP contribution is 2.43. The van der Waals surface area contributed by atoms with Crippen LogP contribution in [0.2, 0.25) is 5.02 Å². The van der Waals surface area contributed by atoms with Crippen molar-refractivity contribution in [3.05, 3.63) is 64.2 Å². The molecule has 0 aromatic heterocycles. The molecule has 1 amide bonds. The summed E-state index contributed by atoms with van der Waals surface area (Å²) in [5.41, 5.74) is 0.821. The molecule has 0 spiro atoms. The van der Waals surface area contributed by atoms with E-state index in [0.29, 0.717) is 36.6 Å². The molecule has 8 heteroatoms. The lowest BCUT2D eigenvalue weighted by Gasteiger charge is -2.27. The van der Waals surface area contributed by atoms with E-state index in [1.807, 2.05) is 32.0 Å². The van der Waals surface area contributed by atoms with Gasteiger partial charge < -0.3 is 24.4 Å². The SMILES string of the molecule is CCOc1ccc(Cl)c(/C(O)=C2\C(=O)C(=O)N(CCCN(C)C)C2c2ccccc2OC)c1. The number of aliphatic hydroxyl groups excluding tert-OH is 1. The number of amides is 1. The van der Waals surface area contributed by atoms with Crippen molar-refractivity contribution in [3.8, 4) is 11.5 Å². The molecule has 3 rings (SSSR count). The third kappa shape index (κ3) is 5.15. The molecule has 1 aliphatic heterocycles. The number of methoxy groups -OCH3 is 1. The average molecular weight is 473 g/mol. The third-order valence-corrected chi connectivity index (χ3v) is 5.81. The van der Waals surface area contributed by atoms with Gasteiger partial charge in [0.1, 0.15) is 17.3 Å². The van der Waals surface area contributed by atoms with Crippen molar-refractivity contribution >= 4 is 29.1 Å². The van der Waals surface area contributed by atoms with Gasteiger partial charge in [0.05, 0.1) is 30.4 Å². The van der Waals surface area contributed by atoms with Gasteiger partial charge in [0.2, 0.25) is 0 Å². The molecule has 1 unspecified atom stereocenters. The zero-order valence-electron chi connectivity index (χ0n) is 19.3. The van der Waals surface area contributed by atoms with Crippen LogP contribution in [-0.2, 0) is 9.59 Å². The summed E-state index contributed by atoms with van der Waals surface area (Å²) in [4.78, 5) is 29.8. The number of hydrogen-bond acceptors (Lipinski definition) is 6. The number of nitrogens with zero attached hydrogens (tertiary/aromatic N) is 2. The smallest absolute Gasteiger partial charge is 0.295 e. The first kappa shape index (κ1) is 24.6. The third-order valence-electron chi connectivity index (χ3n) is 5.48. The van der Waals surface area contributed by atoms with Crippen LogP contribution in [0.5, 0.6) is 11.5 Å². The van der Waals surface area contributed by atoms with Crippen LogP contribution < -0.4 is 9.47 Å². The van der Waals surface area contributed by atoms with E-state index in [9.17, 15) is 14.7 Å². The molecule has 2 aromatic carbocycles. The van der Waals surface area contributed by atoms with Gasteiger partial charge in [-0.1, -0.05) is 29.8 Å². The molecule has 7 nitrogen and oxygen atoms in total. The lowest BCUT2D eigenvalue weighted by molar-refractivity contribution is -0.140. The summed E-state index contributed by atoms with van der Waals surface area (Å²) in [6, 6.07) is 11.2. The Hall–Kier alpha value is -3.03. The molecule has 176 valence electrons. The number of hydrogen-bond donors (Lipinski definition) is 1. The Morgan fingerprint density at radius 1 is 1.18 bits per heavy atom. The highest BCUT2D eigenvalue weighted by Gasteiger charge is 2.47. The number of ketones is 1. The van der Waals surface area contributed by atoms with E-state index in [4.69, 9.17) is 21.1 Å². The van der Waals surface area contributed by atoms with Crippen LogP contribution >= 0.6 is 11.6 Å². The van der Waals surface area contributed by atoms with E-state index >= 15 is 0 Å². The van der Waals surface area contributed by atoms with Crippen LogP contribution in [0.25, 0.3) is 5.76 Å². The molecule has 0 bridgehead atoms. The molecule has 1 N–H and O–H groups in total. The predicted octanol–water partition coefficient (Wildman–Crippen LogP) is 4.12. The molecule has 33 heavy (non-hydrogen) atoms. The van der Waals surface area contributed by atoms with E-state index in [0.717, 1.165) is 6.54 Å². The van der Waals surface area contributed by atoms with Crippen molar-refractivity contribution in [1.82, 2.24) is 9.80 Å². The summed E-state index contributed by atoms with van der Waals surface area (Å²) >= 11 is 6.37.